The molecular formula is C15H18N6. The third-order valence-corrected chi connectivity index (χ3v) is 3.68. The van der Waals surface area contributed by atoms with E-state index in [0.717, 1.165) is 6.54 Å². The van der Waals surface area contributed by atoms with Gasteiger partial charge in [-0.25, -0.2) is 4.98 Å². The van der Waals surface area contributed by atoms with E-state index in [1.165, 1.54) is 11.1 Å². The molecule has 0 spiro atoms. The van der Waals surface area contributed by atoms with Crippen molar-refractivity contribution in [3.63, 3.8) is 0 Å². The van der Waals surface area contributed by atoms with Gasteiger partial charge < -0.3 is 0 Å². The lowest BCUT2D eigenvalue weighted by Crippen LogP contribution is -2.34. The van der Waals surface area contributed by atoms with Gasteiger partial charge in [0.05, 0.1) is 25.5 Å². The summed E-state index contributed by atoms with van der Waals surface area (Å²) in [6.45, 7) is 5.69. The Kier molecular flexibility index (Phi) is 3.51. The number of benzene rings is 1. The Labute approximate surface area is 123 Å². The number of aromatic nitrogens is 6. The lowest BCUT2D eigenvalue weighted by atomic mass is 9.82. The van der Waals surface area contributed by atoms with Crippen LogP contribution in [0.15, 0.2) is 49.3 Å². The van der Waals surface area contributed by atoms with Crippen molar-refractivity contribution in [2.75, 3.05) is 0 Å². The lowest BCUT2D eigenvalue weighted by molar-refractivity contribution is 0.295. The molecule has 21 heavy (non-hydrogen) atoms. The molecule has 0 aliphatic carbocycles. The first-order valence-electron chi connectivity index (χ1n) is 6.89. The van der Waals surface area contributed by atoms with Crippen molar-refractivity contribution in [3.8, 4) is 0 Å². The number of hydrogen-bond acceptors (Lipinski definition) is 4. The quantitative estimate of drug-likeness (QED) is 0.716. The van der Waals surface area contributed by atoms with Gasteiger partial charge in [-0.05, 0) is 12.5 Å². The standard InChI is InChI=1S/C15H18N6/c1-13-3-5-14(6-4-13)15(2,9-20-12-16-11-19-20)10-21-17-7-8-18-21/h3-8,11-12H,9-10H2,1-2H3. The van der Waals surface area contributed by atoms with Crippen LogP contribution in [-0.2, 0) is 18.5 Å². The zero-order valence-electron chi connectivity index (χ0n) is 12.2. The van der Waals surface area contributed by atoms with Crippen molar-refractivity contribution >= 4 is 0 Å². The smallest absolute Gasteiger partial charge is 0.137 e. The van der Waals surface area contributed by atoms with Crippen molar-refractivity contribution in [2.24, 2.45) is 0 Å². The summed E-state index contributed by atoms with van der Waals surface area (Å²) in [5.41, 5.74) is 2.32. The molecule has 0 aliphatic heterocycles. The maximum absolute atomic E-state index is 4.23. The summed E-state index contributed by atoms with van der Waals surface area (Å²) in [6, 6.07) is 8.59. The van der Waals surface area contributed by atoms with Crippen LogP contribution in [-0.4, -0.2) is 29.8 Å². The molecule has 0 N–H and O–H groups in total. The van der Waals surface area contributed by atoms with E-state index >= 15 is 0 Å². The van der Waals surface area contributed by atoms with Crippen molar-refractivity contribution in [1.29, 1.82) is 0 Å². The fraction of sp³-hybridized carbons (Fsp3) is 0.333. The minimum absolute atomic E-state index is 0.166. The molecule has 0 fully saturated rings. The highest BCUT2D eigenvalue weighted by Gasteiger charge is 2.29. The minimum Gasteiger partial charge on any atom is -0.252 e. The normalized spacial score (nSPS) is 14.0. The highest BCUT2D eigenvalue weighted by atomic mass is 15.5. The van der Waals surface area contributed by atoms with E-state index in [1.807, 2.05) is 4.68 Å². The molecule has 1 unspecified atom stereocenters. The van der Waals surface area contributed by atoms with E-state index in [0.29, 0.717) is 6.54 Å². The molecule has 3 aromatic rings. The topological polar surface area (TPSA) is 61.4 Å². The zero-order valence-corrected chi connectivity index (χ0v) is 12.2. The first-order valence-corrected chi connectivity index (χ1v) is 6.89. The molecule has 6 heteroatoms. The maximum atomic E-state index is 4.23. The van der Waals surface area contributed by atoms with Gasteiger partial charge in [0.25, 0.3) is 0 Å². The Hall–Kier alpha value is -2.50. The molecule has 6 nitrogen and oxygen atoms in total. The average Bonchev–Trinajstić information content (AvgIpc) is 3.13. The summed E-state index contributed by atoms with van der Waals surface area (Å²) in [5.74, 6) is 0. The summed E-state index contributed by atoms with van der Waals surface area (Å²) in [6.07, 6.45) is 6.70. The van der Waals surface area contributed by atoms with Crippen molar-refractivity contribution in [1.82, 2.24) is 29.8 Å². The van der Waals surface area contributed by atoms with Crippen LogP contribution < -0.4 is 0 Å². The van der Waals surface area contributed by atoms with E-state index < -0.39 is 0 Å². The molecular weight excluding hydrogens is 264 g/mol. The Morgan fingerprint density at radius 3 is 2.33 bits per heavy atom. The SMILES string of the molecule is Cc1ccc(C(C)(Cn2cncn2)Cn2nccn2)cc1. The van der Waals surface area contributed by atoms with Gasteiger partial charge in [0, 0.05) is 5.41 Å². The Bertz CT molecular complexity index is 633. The largest absolute Gasteiger partial charge is 0.252 e. The van der Waals surface area contributed by atoms with Gasteiger partial charge in [-0.2, -0.15) is 20.1 Å². The number of hydrogen-bond donors (Lipinski definition) is 0. The Balaban J connectivity index is 1.94. The second-order valence-corrected chi connectivity index (χ2v) is 5.58. The lowest BCUT2D eigenvalue weighted by Gasteiger charge is -2.29. The first-order chi connectivity index (χ1) is 10.2. The van der Waals surface area contributed by atoms with Gasteiger partial charge in [-0.3, -0.25) is 4.68 Å². The molecule has 0 saturated carbocycles. The predicted molar refractivity (Wildman–Crippen MR) is 78.6 cm³/mol. The van der Waals surface area contributed by atoms with Crippen LogP contribution in [0.2, 0.25) is 0 Å². The summed E-state index contributed by atoms with van der Waals surface area (Å²) >= 11 is 0. The second-order valence-electron chi connectivity index (χ2n) is 5.58. The molecule has 3 rings (SSSR count). The van der Waals surface area contributed by atoms with Crippen LogP contribution >= 0.6 is 0 Å². The summed E-state index contributed by atoms with van der Waals surface area (Å²) < 4.78 is 1.85. The first kappa shape index (κ1) is 13.5. The maximum Gasteiger partial charge on any atom is 0.137 e. The molecule has 0 aliphatic rings. The van der Waals surface area contributed by atoms with Crippen LogP contribution in [0.1, 0.15) is 18.1 Å². The average molecular weight is 282 g/mol. The Morgan fingerprint density at radius 1 is 1.00 bits per heavy atom. The van der Waals surface area contributed by atoms with E-state index in [2.05, 4.69) is 58.4 Å². The molecule has 0 radical (unpaired) electrons. The van der Waals surface area contributed by atoms with E-state index in [4.69, 9.17) is 0 Å². The van der Waals surface area contributed by atoms with Crippen molar-refractivity contribution in [2.45, 2.75) is 32.4 Å². The van der Waals surface area contributed by atoms with Crippen LogP contribution in [0.5, 0.6) is 0 Å². The molecule has 2 heterocycles. The van der Waals surface area contributed by atoms with Gasteiger partial charge in [-0.15, -0.1) is 0 Å². The molecule has 2 aromatic heterocycles. The van der Waals surface area contributed by atoms with Crippen molar-refractivity contribution in [3.05, 3.63) is 60.4 Å². The monoisotopic (exact) mass is 282 g/mol. The molecule has 108 valence electrons. The van der Waals surface area contributed by atoms with Crippen LogP contribution in [0.3, 0.4) is 0 Å². The van der Waals surface area contributed by atoms with E-state index in [9.17, 15) is 0 Å². The van der Waals surface area contributed by atoms with Gasteiger partial charge >= 0.3 is 0 Å². The molecule has 0 amide bonds. The molecule has 0 bridgehead atoms. The van der Waals surface area contributed by atoms with Crippen LogP contribution in [0.4, 0.5) is 0 Å². The Morgan fingerprint density at radius 2 is 1.71 bits per heavy atom. The summed E-state index contributed by atoms with van der Waals surface area (Å²) in [4.78, 5) is 5.74. The highest BCUT2D eigenvalue weighted by molar-refractivity contribution is 5.28. The third-order valence-electron chi connectivity index (χ3n) is 3.68. The fourth-order valence-electron chi connectivity index (χ4n) is 2.50. The molecule has 1 atom stereocenters. The summed E-state index contributed by atoms with van der Waals surface area (Å²) in [7, 11) is 0. The van der Waals surface area contributed by atoms with Gasteiger partial charge in [0.1, 0.15) is 12.7 Å². The fourth-order valence-corrected chi connectivity index (χ4v) is 2.50. The van der Waals surface area contributed by atoms with Crippen LogP contribution in [0.25, 0.3) is 0 Å². The molecule has 0 saturated heterocycles. The van der Waals surface area contributed by atoms with Crippen molar-refractivity contribution < 1.29 is 0 Å². The van der Waals surface area contributed by atoms with E-state index in [-0.39, 0.29) is 5.41 Å². The second kappa shape index (κ2) is 5.47. The zero-order chi connectivity index (χ0) is 14.7. The third kappa shape index (κ3) is 2.99. The highest BCUT2D eigenvalue weighted by Crippen LogP contribution is 2.27. The van der Waals surface area contributed by atoms with Gasteiger partial charge in [0.15, 0.2) is 0 Å². The van der Waals surface area contributed by atoms with Gasteiger partial charge in [0.2, 0.25) is 0 Å². The predicted octanol–water partition coefficient (Wildman–Crippen LogP) is 1.84. The summed E-state index contributed by atoms with van der Waals surface area (Å²) in [5, 5.41) is 12.7. The number of aryl methyl sites for hydroxylation is 1. The van der Waals surface area contributed by atoms with Gasteiger partial charge in [-0.1, -0.05) is 36.8 Å². The number of rotatable bonds is 5. The number of nitrogens with zero attached hydrogens (tertiary/aromatic N) is 6. The molecule has 1 aromatic carbocycles. The van der Waals surface area contributed by atoms with E-state index in [1.54, 1.807) is 29.8 Å². The van der Waals surface area contributed by atoms with Crippen LogP contribution in [0, 0.1) is 6.92 Å². The minimum atomic E-state index is -0.166.